The van der Waals surface area contributed by atoms with Crippen LogP contribution < -0.4 is 4.74 Å². The minimum atomic E-state index is 0.457. The van der Waals surface area contributed by atoms with Gasteiger partial charge in [0.2, 0.25) is 0 Å². The van der Waals surface area contributed by atoms with Crippen LogP contribution in [0, 0.1) is 17.8 Å². The van der Waals surface area contributed by atoms with E-state index in [1.165, 1.54) is 5.57 Å². The highest BCUT2D eigenvalue weighted by molar-refractivity contribution is 6.34. The third-order valence-electron chi connectivity index (χ3n) is 3.53. The molecule has 1 atom stereocenters. The van der Waals surface area contributed by atoms with Crippen LogP contribution in [0.5, 0.6) is 5.75 Å². The molecule has 0 spiro atoms. The van der Waals surface area contributed by atoms with Crippen molar-refractivity contribution in [2.24, 2.45) is 5.92 Å². The van der Waals surface area contributed by atoms with E-state index in [0.29, 0.717) is 22.6 Å². The average Bonchev–Trinajstić information content (AvgIpc) is 2.88. The van der Waals surface area contributed by atoms with Gasteiger partial charge in [-0.25, -0.2) is 0 Å². The van der Waals surface area contributed by atoms with Gasteiger partial charge in [-0.2, -0.15) is 0 Å². The van der Waals surface area contributed by atoms with Crippen molar-refractivity contribution >= 4 is 23.2 Å². The fourth-order valence-electron chi connectivity index (χ4n) is 2.42. The standard InChI is InChI=1S/C18H20Cl2O/c1-2-3-4-5-7-14-8-6-9-15(14)13-21-18-11-16(19)10-17(20)12-18/h8,10-12,15H,2-3,6-7,9,13H2,1H3/t15-/m1/s1. The topological polar surface area (TPSA) is 9.23 Å². The van der Waals surface area contributed by atoms with E-state index in [-0.39, 0.29) is 0 Å². The number of hydrogen-bond acceptors (Lipinski definition) is 1. The lowest BCUT2D eigenvalue weighted by Gasteiger charge is -2.15. The van der Waals surface area contributed by atoms with Crippen LogP contribution in [0.1, 0.15) is 39.0 Å². The van der Waals surface area contributed by atoms with Gasteiger partial charge in [0, 0.05) is 28.8 Å². The fraction of sp³-hybridized carbons (Fsp3) is 0.444. The Morgan fingerprint density at radius 3 is 2.67 bits per heavy atom. The van der Waals surface area contributed by atoms with Crippen LogP contribution in [0.2, 0.25) is 10.0 Å². The molecular formula is C18H20Cl2O. The number of unbranched alkanes of at least 4 members (excludes halogenated alkanes) is 1. The van der Waals surface area contributed by atoms with Crippen molar-refractivity contribution in [3.63, 3.8) is 0 Å². The summed E-state index contributed by atoms with van der Waals surface area (Å²) in [5, 5.41) is 1.20. The summed E-state index contributed by atoms with van der Waals surface area (Å²) < 4.78 is 5.85. The predicted octanol–water partition coefficient (Wildman–Crippen LogP) is 5.90. The minimum Gasteiger partial charge on any atom is -0.493 e. The average molecular weight is 323 g/mol. The van der Waals surface area contributed by atoms with Crippen LogP contribution in [0.4, 0.5) is 0 Å². The zero-order valence-corrected chi connectivity index (χ0v) is 13.8. The molecule has 0 heterocycles. The maximum absolute atomic E-state index is 5.98. The Hall–Kier alpha value is -1.10. The van der Waals surface area contributed by atoms with Crippen LogP contribution in [0.25, 0.3) is 0 Å². The summed E-state index contributed by atoms with van der Waals surface area (Å²) >= 11 is 12.0. The number of benzene rings is 1. The maximum atomic E-state index is 5.98. The van der Waals surface area contributed by atoms with Gasteiger partial charge in [0.05, 0.1) is 6.61 Å². The molecule has 0 aliphatic heterocycles. The Morgan fingerprint density at radius 1 is 1.19 bits per heavy atom. The van der Waals surface area contributed by atoms with Crippen molar-refractivity contribution in [3.8, 4) is 17.6 Å². The highest BCUT2D eigenvalue weighted by atomic mass is 35.5. The van der Waals surface area contributed by atoms with E-state index >= 15 is 0 Å². The molecule has 0 saturated heterocycles. The number of hydrogen-bond donors (Lipinski definition) is 0. The number of halogens is 2. The second kappa shape index (κ2) is 8.37. The van der Waals surface area contributed by atoms with Gasteiger partial charge in [0.25, 0.3) is 0 Å². The Bertz CT molecular complexity index is 546. The third kappa shape index (κ3) is 5.30. The summed E-state index contributed by atoms with van der Waals surface area (Å²) in [6, 6.07) is 5.31. The lowest BCUT2D eigenvalue weighted by molar-refractivity contribution is 0.267. The second-order valence-electron chi connectivity index (χ2n) is 5.25. The van der Waals surface area contributed by atoms with Crippen molar-refractivity contribution < 1.29 is 4.74 Å². The zero-order chi connectivity index (χ0) is 15.1. The van der Waals surface area contributed by atoms with Gasteiger partial charge in [-0.3, -0.25) is 0 Å². The molecule has 112 valence electrons. The summed E-state index contributed by atoms with van der Waals surface area (Å²) in [6.45, 7) is 2.81. The van der Waals surface area contributed by atoms with Crippen LogP contribution in [0.15, 0.2) is 29.8 Å². The van der Waals surface area contributed by atoms with Gasteiger partial charge < -0.3 is 4.74 Å². The zero-order valence-electron chi connectivity index (χ0n) is 12.3. The summed E-state index contributed by atoms with van der Waals surface area (Å²) in [4.78, 5) is 0. The molecule has 1 aliphatic carbocycles. The van der Waals surface area contributed by atoms with Crippen molar-refractivity contribution in [2.75, 3.05) is 6.61 Å². The summed E-state index contributed by atoms with van der Waals surface area (Å²) in [5.41, 5.74) is 1.41. The molecule has 0 amide bonds. The van der Waals surface area contributed by atoms with E-state index < -0.39 is 0 Å². The minimum absolute atomic E-state index is 0.457. The molecule has 0 aromatic heterocycles. The van der Waals surface area contributed by atoms with E-state index in [1.807, 2.05) is 0 Å². The lowest BCUT2D eigenvalue weighted by atomic mass is 10.00. The molecule has 21 heavy (non-hydrogen) atoms. The van der Waals surface area contributed by atoms with E-state index in [4.69, 9.17) is 27.9 Å². The van der Waals surface area contributed by atoms with Crippen molar-refractivity contribution in [1.29, 1.82) is 0 Å². The normalized spacial score (nSPS) is 17.1. The first-order valence-corrected chi connectivity index (χ1v) is 8.18. The molecular weight excluding hydrogens is 303 g/mol. The SMILES string of the molecule is CCCC#CCC1=CCC[C@@H]1COc1cc(Cl)cc(Cl)c1. The molecule has 0 N–H and O–H groups in total. The Kier molecular flexibility index (Phi) is 6.49. The molecule has 0 radical (unpaired) electrons. The van der Waals surface area contributed by atoms with Crippen molar-refractivity contribution in [3.05, 3.63) is 39.9 Å². The quantitative estimate of drug-likeness (QED) is 0.484. The summed E-state index contributed by atoms with van der Waals surface area (Å²) in [7, 11) is 0. The molecule has 2 rings (SSSR count). The van der Waals surface area contributed by atoms with Crippen molar-refractivity contribution in [1.82, 2.24) is 0 Å². The number of allylic oxidation sites excluding steroid dienone is 1. The van der Waals surface area contributed by atoms with Gasteiger partial charge in [0.1, 0.15) is 5.75 Å². The monoisotopic (exact) mass is 322 g/mol. The highest BCUT2D eigenvalue weighted by Crippen LogP contribution is 2.30. The fourth-order valence-corrected chi connectivity index (χ4v) is 2.92. The molecule has 0 saturated carbocycles. The lowest BCUT2D eigenvalue weighted by Crippen LogP contribution is -2.11. The highest BCUT2D eigenvalue weighted by Gasteiger charge is 2.19. The van der Waals surface area contributed by atoms with Gasteiger partial charge in [-0.05, 0) is 37.5 Å². The first kappa shape index (κ1) is 16.3. The first-order valence-electron chi connectivity index (χ1n) is 7.42. The Labute approximate surface area is 137 Å². The van der Waals surface area contributed by atoms with Gasteiger partial charge >= 0.3 is 0 Å². The molecule has 0 unspecified atom stereocenters. The molecule has 0 fully saturated rings. The Balaban J connectivity index is 1.88. The van der Waals surface area contributed by atoms with E-state index in [2.05, 4.69) is 24.8 Å². The first-order chi connectivity index (χ1) is 10.2. The summed E-state index contributed by atoms with van der Waals surface area (Å²) in [5.74, 6) is 7.65. The maximum Gasteiger partial charge on any atom is 0.122 e. The van der Waals surface area contributed by atoms with E-state index in [9.17, 15) is 0 Å². The van der Waals surface area contributed by atoms with E-state index in [0.717, 1.165) is 37.9 Å². The van der Waals surface area contributed by atoms with E-state index in [1.54, 1.807) is 18.2 Å². The van der Waals surface area contributed by atoms with Crippen LogP contribution in [-0.4, -0.2) is 6.61 Å². The van der Waals surface area contributed by atoms with Gasteiger partial charge in [-0.15, -0.1) is 5.92 Å². The van der Waals surface area contributed by atoms with Crippen LogP contribution in [-0.2, 0) is 0 Å². The number of rotatable bonds is 5. The molecule has 3 heteroatoms. The molecule has 1 nitrogen and oxygen atoms in total. The molecule has 1 aromatic rings. The van der Waals surface area contributed by atoms with Gasteiger partial charge in [0.15, 0.2) is 0 Å². The van der Waals surface area contributed by atoms with Gasteiger partial charge in [-0.1, -0.05) is 47.7 Å². The second-order valence-corrected chi connectivity index (χ2v) is 6.12. The predicted molar refractivity (Wildman–Crippen MR) is 90.1 cm³/mol. The third-order valence-corrected chi connectivity index (χ3v) is 3.96. The Morgan fingerprint density at radius 2 is 1.95 bits per heavy atom. The van der Waals surface area contributed by atoms with Crippen LogP contribution >= 0.6 is 23.2 Å². The largest absolute Gasteiger partial charge is 0.493 e. The molecule has 1 aliphatic rings. The van der Waals surface area contributed by atoms with Crippen LogP contribution in [0.3, 0.4) is 0 Å². The summed E-state index contributed by atoms with van der Waals surface area (Å²) in [6.07, 6.45) is 7.53. The number of ether oxygens (including phenoxy) is 1. The van der Waals surface area contributed by atoms with Crippen molar-refractivity contribution in [2.45, 2.75) is 39.0 Å². The molecule has 1 aromatic carbocycles. The molecule has 0 bridgehead atoms. The smallest absolute Gasteiger partial charge is 0.122 e.